The van der Waals surface area contributed by atoms with Crippen LogP contribution in [0.1, 0.15) is 19.0 Å². The first-order valence-corrected chi connectivity index (χ1v) is 9.48. The Kier molecular flexibility index (Phi) is 6.47. The minimum atomic E-state index is 0.477. The van der Waals surface area contributed by atoms with Gasteiger partial charge in [-0.25, -0.2) is 9.97 Å². The molecule has 1 aromatic carbocycles. The number of nitriles is 1. The van der Waals surface area contributed by atoms with E-state index in [9.17, 15) is 5.26 Å². The number of nitrogens with zero attached hydrogens (tertiary/aromatic N) is 6. The number of para-hydroxylation sites is 2. The number of fused-ring (bicyclic) bond motifs is 1. The standard InChI is InChI=1S/C20H25N9/c1-3-29-18-8-5-4-7-17(18)26-19(29)15(13-21)16-9-11-24-20(27-16)23-10-6-12-28(2)25-14-22/h4-5,7-9,11,14,26H,3,6,10,12H2,1-2H3,(H2,22,25)(H,23,24,27)/b19-15+. The van der Waals surface area contributed by atoms with Crippen molar-refractivity contribution >= 4 is 29.2 Å². The number of hydrazone groups is 1. The highest BCUT2D eigenvalue weighted by Gasteiger charge is 2.26. The molecule has 0 spiro atoms. The fraction of sp³-hybridized carbons (Fsp3) is 0.300. The zero-order valence-corrected chi connectivity index (χ0v) is 16.6. The van der Waals surface area contributed by atoms with E-state index in [2.05, 4.69) is 43.6 Å². The molecule has 150 valence electrons. The van der Waals surface area contributed by atoms with Crippen LogP contribution in [0.15, 0.2) is 47.5 Å². The normalized spacial score (nSPS) is 14.3. The molecule has 0 saturated heterocycles. The Morgan fingerprint density at radius 1 is 1.41 bits per heavy atom. The largest absolute Gasteiger partial charge is 0.388 e. The van der Waals surface area contributed by atoms with Gasteiger partial charge in [0, 0.05) is 32.9 Å². The molecular formula is C20H25N9. The van der Waals surface area contributed by atoms with E-state index in [1.807, 2.05) is 31.3 Å². The summed E-state index contributed by atoms with van der Waals surface area (Å²) in [5.74, 6) is 1.22. The first-order chi connectivity index (χ1) is 14.2. The lowest BCUT2D eigenvalue weighted by Crippen LogP contribution is -2.22. The lowest BCUT2D eigenvalue weighted by molar-refractivity contribution is 0.353. The highest BCUT2D eigenvalue weighted by Crippen LogP contribution is 2.38. The average molecular weight is 391 g/mol. The molecule has 0 fully saturated rings. The zero-order valence-electron chi connectivity index (χ0n) is 16.6. The van der Waals surface area contributed by atoms with E-state index in [-0.39, 0.29) is 0 Å². The molecule has 9 nitrogen and oxygen atoms in total. The van der Waals surface area contributed by atoms with E-state index < -0.39 is 0 Å². The average Bonchev–Trinajstić information content (AvgIpc) is 3.10. The van der Waals surface area contributed by atoms with Crippen molar-refractivity contribution in [2.24, 2.45) is 10.8 Å². The molecule has 3 rings (SSSR count). The summed E-state index contributed by atoms with van der Waals surface area (Å²) in [5.41, 5.74) is 8.36. The summed E-state index contributed by atoms with van der Waals surface area (Å²) in [7, 11) is 1.86. The summed E-state index contributed by atoms with van der Waals surface area (Å²) in [6, 6.07) is 12.0. The van der Waals surface area contributed by atoms with Crippen LogP contribution in [0.25, 0.3) is 5.57 Å². The van der Waals surface area contributed by atoms with Gasteiger partial charge in [0.15, 0.2) is 0 Å². The van der Waals surface area contributed by atoms with Crippen molar-refractivity contribution in [1.82, 2.24) is 15.0 Å². The Morgan fingerprint density at radius 2 is 2.24 bits per heavy atom. The van der Waals surface area contributed by atoms with Crippen molar-refractivity contribution in [2.45, 2.75) is 13.3 Å². The Balaban J connectivity index is 1.77. The van der Waals surface area contributed by atoms with Crippen LogP contribution in [0, 0.1) is 11.3 Å². The molecule has 1 aliphatic heterocycles. The molecule has 1 aromatic heterocycles. The summed E-state index contributed by atoms with van der Waals surface area (Å²) in [6.45, 7) is 4.22. The number of anilines is 3. The van der Waals surface area contributed by atoms with Crippen LogP contribution in [-0.4, -0.2) is 48.0 Å². The third kappa shape index (κ3) is 4.55. The van der Waals surface area contributed by atoms with Gasteiger partial charge in [-0.1, -0.05) is 12.1 Å². The van der Waals surface area contributed by atoms with Gasteiger partial charge in [-0.05, 0) is 31.5 Å². The van der Waals surface area contributed by atoms with Gasteiger partial charge in [0.1, 0.15) is 23.8 Å². The Morgan fingerprint density at radius 3 is 3.00 bits per heavy atom. The maximum Gasteiger partial charge on any atom is 0.223 e. The van der Waals surface area contributed by atoms with Gasteiger partial charge >= 0.3 is 0 Å². The summed E-state index contributed by atoms with van der Waals surface area (Å²) in [4.78, 5) is 10.9. The summed E-state index contributed by atoms with van der Waals surface area (Å²) in [5, 5.41) is 22.1. The van der Waals surface area contributed by atoms with E-state index in [0.29, 0.717) is 23.8 Å². The first kappa shape index (κ1) is 19.9. The smallest absolute Gasteiger partial charge is 0.223 e. The second kappa shape index (κ2) is 9.41. The number of benzene rings is 1. The van der Waals surface area contributed by atoms with Gasteiger partial charge in [0.05, 0.1) is 17.1 Å². The molecule has 4 N–H and O–H groups in total. The molecule has 0 unspecified atom stereocenters. The molecule has 0 aliphatic carbocycles. The highest BCUT2D eigenvalue weighted by molar-refractivity contribution is 5.90. The van der Waals surface area contributed by atoms with Crippen LogP contribution >= 0.6 is 0 Å². The van der Waals surface area contributed by atoms with Gasteiger partial charge in [-0.2, -0.15) is 10.4 Å². The maximum atomic E-state index is 9.86. The first-order valence-electron chi connectivity index (χ1n) is 9.48. The lowest BCUT2D eigenvalue weighted by atomic mass is 10.2. The van der Waals surface area contributed by atoms with Crippen molar-refractivity contribution in [3.8, 4) is 6.07 Å². The molecule has 0 bridgehead atoms. The molecule has 0 radical (unpaired) electrons. The van der Waals surface area contributed by atoms with E-state index >= 15 is 0 Å². The highest BCUT2D eigenvalue weighted by atomic mass is 15.4. The Bertz CT molecular complexity index is 945. The van der Waals surface area contributed by atoms with Gasteiger partial charge < -0.3 is 21.3 Å². The zero-order chi connectivity index (χ0) is 20.6. The number of hydrogen-bond donors (Lipinski definition) is 3. The van der Waals surface area contributed by atoms with Gasteiger partial charge in [-0.3, -0.25) is 5.01 Å². The molecule has 1 aliphatic rings. The predicted molar refractivity (Wildman–Crippen MR) is 116 cm³/mol. The second-order valence-corrected chi connectivity index (χ2v) is 6.41. The van der Waals surface area contributed by atoms with E-state index in [1.54, 1.807) is 17.3 Å². The molecule has 0 amide bonds. The fourth-order valence-electron chi connectivity index (χ4n) is 3.15. The topological polar surface area (TPSA) is 118 Å². The van der Waals surface area contributed by atoms with Crippen molar-refractivity contribution in [2.75, 3.05) is 42.2 Å². The summed E-state index contributed by atoms with van der Waals surface area (Å²) in [6.07, 6.45) is 3.77. The van der Waals surface area contributed by atoms with Crippen LogP contribution in [0.3, 0.4) is 0 Å². The molecule has 29 heavy (non-hydrogen) atoms. The monoisotopic (exact) mass is 391 g/mol. The van der Waals surface area contributed by atoms with Crippen molar-refractivity contribution < 1.29 is 0 Å². The third-order valence-electron chi connectivity index (χ3n) is 4.50. The molecule has 2 heterocycles. The Labute approximate surface area is 170 Å². The van der Waals surface area contributed by atoms with Crippen molar-refractivity contribution in [1.29, 1.82) is 5.26 Å². The Hall–Kier alpha value is -3.80. The number of nitrogens with one attached hydrogen (secondary N) is 2. The lowest BCUT2D eigenvalue weighted by Gasteiger charge is -2.19. The van der Waals surface area contributed by atoms with E-state index in [0.717, 1.165) is 36.7 Å². The third-order valence-corrected chi connectivity index (χ3v) is 4.50. The molecular weight excluding hydrogens is 366 g/mol. The van der Waals surface area contributed by atoms with Crippen molar-refractivity contribution in [3.05, 3.63) is 48.0 Å². The number of hydrogen-bond acceptors (Lipinski definition) is 8. The van der Waals surface area contributed by atoms with Crippen LogP contribution < -0.4 is 21.3 Å². The SMILES string of the molecule is CCN1/C(=C(\C#N)c2ccnc(NCCCN(C)/N=C\N)n2)Nc2ccccc21. The van der Waals surface area contributed by atoms with Gasteiger partial charge in [0.25, 0.3) is 0 Å². The van der Waals surface area contributed by atoms with Gasteiger partial charge in [0.2, 0.25) is 5.95 Å². The minimum absolute atomic E-state index is 0.477. The molecule has 0 atom stereocenters. The number of rotatable bonds is 8. The quantitative estimate of drug-likeness (QED) is 0.206. The number of allylic oxidation sites excluding steroid dienone is 1. The molecule has 9 heteroatoms. The minimum Gasteiger partial charge on any atom is -0.388 e. The number of nitrogens with two attached hydrogens (primary N) is 1. The summed E-state index contributed by atoms with van der Waals surface area (Å²) < 4.78 is 0. The summed E-state index contributed by atoms with van der Waals surface area (Å²) >= 11 is 0. The van der Waals surface area contributed by atoms with Crippen LogP contribution in [0.4, 0.5) is 17.3 Å². The second-order valence-electron chi connectivity index (χ2n) is 6.41. The maximum absolute atomic E-state index is 9.86. The van der Waals surface area contributed by atoms with Crippen LogP contribution in [0.2, 0.25) is 0 Å². The predicted octanol–water partition coefficient (Wildman–Crippen LogP) is 2.26. The van der Waals surface area contributed by atoms with Gasteiger partial charge in [-0.15, -0.1) is 0 Å². The fourth-order valence-corrected chi connectivity index (χ4v) is 3.15. The number of aromatic nitrogens is 2. The van der Waals surface area contributed by atoms with Crippen LogP contribution in [-0.2, 0) is 0 Å². The molecule has 2 aromatic rings. The van der Waals surface area contributed by atoms with E-state index in [4.69, 9.17) is 5.73 Å². The van der Waals surface area contributed by atoms with Crippen molar-refractivity contribution in [3.63, 3.8) is 0 Å². The van der Waals surface area contributed by atoms with E-state index in [1.165, 1.54) is 6.34 Å². The van der Waals surface area contributed by atoms with Crippen LogP contribution in [0.5, 0.6) is 0 Å². The molecule has 0 saturated carbocycles.